The van der Waals surface area contributed by atoms with Gasteiger partial charge >= 0.3 is 5.97 Å². The molecular weight excluding hydrogens is 261 g/mol. The Kier molecular flexibility index (Phi) is 3.33. The molecule has 6 heteroatoms. The number of aromatic carboxylic acids is 1. The second-order valence-corrected chi connectivity index (χ2v) is 5.66. The van der Waals surface area contributed by atoms with Crippen molar-refractivity contribution in [3.63, 3.8) is 0 Å². The van der Waals surface area contributed by atoms with Gasteiger partial charge in [-0.05, 0) is 30.7 Å². The highest BCUT2D eigenvalue weighted by Gasteiger charge is 2.26. The summed E-state index contributed by atoms with van der Waals surface area (Å²) in [6.07, 6.45) is 0. The maximum Gasteiger partial charge on any atom is 0.375 e. The fraction of sp³-hybridized carbons (Fsp3) is 0.357. The smallest absolute Gasteiger partial charge is 0.375 e. The fourth-order valence-electron chi connectivity index (χ4n) is 1.83. The molecule has 0 atom stereocenters. The first-order valence-electron chi connectivity index (χ1n) is 6.17. The largest absolute Gasteiger partial charge is 0.475 e. The summed E-state index contributed by atoms with van der Waals surface area (Å²) in [5.41, 5.74) is 0.673. The van der Waals surface area contributed by atoms with Crippen molar-refractivity contribution in [3.8, 4) is 5.69 Å². The van der Waals surface area contributed by atoms with Gasteiger partial charge in [-0.2, -0.15) is 0 Å². The number of carboxylic acid groups (broad SMARTS) is 1. The molecule has 106 valence electrons. The van der Waals surface area contributed by atoms with Crippen molar-refractivity contribution < 1.29 is 14.3 Å². The molecule has 0 bridgehead atoms. The molecule has 1 heterocycles. The molecule has 0 amide bonds. The van der Waals surface area contributed by atoms with Crippen molar-refractivity contribution in [2.24, 2.45) is 0 Å². The SMILES string of the molecule is Cc1cc(-n2nc(C(=O)O)nc2C(C)(C)C)ccc1F. The molecule has 0 aliphatic heterocycles. The number of nitrogens with zero attached hydrogens (tertiary/aromatic N) is 3. The molecule has 5 nitrogen and oxygen atoms in total. The number of hydrogen-bond donors (Lipinski definition) is 1. The Morgan fingerprint density at radius 2 is 2.00 bits per heavy atom. The Balaban J connectivity index is 2.65. The first-order valence-corrected chi connectivity index (χ1v) is 6.17. The normalized spacial score (nSPS) is 11.7. The van der Waals surface area contributed by atoms with Crippen molar-refractivity contribution in [1.82, 2.24) is 14.8 Å². The van der Waals surface area contributed by atoms with E-state index in [4.69, 9.17) is 5.11 Å². The standard InChI is InChI=1S/C14H16FN3O2/c1-8-7-9(5-6-10(8)15)18-13(14(2,3)4)16-11(17-18)12(19)20/h5-7H,1-4H3,(H,19,20). The van der Waals surface area contributed by atoms with Crippen LogP contribution in [0.1, 0.15) is 42.8 Å². The minimum atomic E-state index is -1.19. The van der Waals surface area contributed by atoms with Gasteiger partial charge in [0, 0.05) is 5.41 Å². The van der Waals surface area contributed by atoms with Crippen molar-refractivity contribution in [2.75, 3.05) is 0 Å². The molecule has 0 aliphatic carbocycles. The first-order chi connectivity index (χ1) is 9.20. The van der Waals surface area contributed by atoms with Crippen LogP contribution in [-0.4, -0.2) is 25.8 Å². The lowest BCUT2D eigenvalue weighted by Gasteiger charge is -2.18. The highest BCUT2D eigenvalue weighted by molar-refractivity contribution is 5.83. The van der Waals surface area contributed by atoms with Crippen LogP contribution in [-0.2, 0) is 5.41 Å². The third kappa shape index (κ3) is 2.54. The quantitative estimate of drug-likeness (QED) is 0.916. The van der Waals surface area contributed by atoms with Gasteiger partial charge in [-0.25, -0.2) is 18.9 Å². The van der Waals surface area contributed by atoms with Gasteiger partial charge in [0.25, 0.3) is 5.82 Å². The second kappa shape index (κ2) is 4.70. The monoisotopic (exact) mass is 277 g/mol. The van der Waals surface area contributed by atoms with Gasteiger partial charge in [-0.3, -0.25) is 0 Å². The minimum absolute atomic E-state index is 0.267. The van der Waals surface area contributed by atoms with Crippen LogP contribution in [0, 0.1) is 12.7 Å². The van der Waals surface area contributed by atoms with Crippen LogP contribution in [0.2, 0.25) is 0 Å². The van der Waals surface area contributed by atoms with Crippen LogP contribution in [0.3, 0.4) is 0 Å². The van der Waals surface area contributed by atoms with Crippen LogP contribution >= 0.6 is 0 Å². The molecule has 1 aromatic carbocycles. The highest BCUT2D eigenvalue weighted by Crippen LogP contribution is 2.24. The Morgan fingerprint density at radius 1 is 1.35 bits per heavy atom. The van der Waals surface area contributed by atoms with Crippen molar-refractivity contribution in [3.05, 3.63) is 41.2 Å². The summed E-state index contributed by atoms with van der Waals surface area (Å²) >= 11 is 0. The molecule has 1 aromatic heterocycles. The van der Waals surface area contributed by atoms with Crippen molar-refractivity contribution in [2.45, 2.75) is 33.1 Å². The zero-order valence-corrected chi connectivity index (χ0v) is 11.8. The summed E-state index contributed by atoms with van der Waals surface area (Å²) in [6.45, 7) is 7.38. The molecule has 0 unspecified atom stereocenters. The van der Waals surface area contributed by atoms with E-state index in [0.717, 1.165) is 0 Å². The third-order valence-corrected chi connectivity index (χ3v) is 2.86. The van der Waals surface area contributed by atoms with Gasteiger partial charge in [0.1, 0.15) is 11.6 Å². The maximum atomic E-state index is 13.3. The van der Waals surface area contributed by atoms with E-state index in [1.807, 2.05) is 20.8 Å². The van der Waals surface area contributed by atoms with E-state index in [2.05, 4.69) is 10.1 Å². The van der Waals surface area contributed by atoms with Crippen molar-refractivity contribution in [1.29, 1.82) is 0 Å². The van der Waals surface area contributed by atoms with Crippen LogP contribution < -0.4 is 0 Å². The number of aromatic nitrogens is 3. The summed E-state index contributed by atoms with van der Waals surface area (Å²) in [5.74, 6) is -1.25. The molecular formula is C14H16FN3O2. The third-order valence-electron chi connectivity index (χ3n) is 2.86. The topological polar surface area (TPSA) is 68.0 Å². The van der Waals surface area contributed by atoms with Crippen LogP contribution in [0.15, 0.2) is 18.2 Å². The first kappa shape index (κ1) is 14.2. The lowest BCUT2D eigenvalue weighted by atomic mass is 9.95. The highest BCUT2D eigenvalue weighted by atomic mass is 19.1. The zero-order valence-electron chi connectivity index (χ0n) is 11.8. The Labute approximate surface area is 116 Å². The fourth-order valence-corrected chi connectivity index (χ4v) is 1.83. The van der Waals surface area contributed by atoms with E-state index in [0.29, 0.717) is 17.1 Å². The van der Waals surface area contributed by atoms with E-state index in [1.165, 1.54) is 10.7 Å². The van der Waals surface area contributed by atoms with Gasteiger partial charge in [-0.15, -0.1) is 5.10 Å². The molecule has 0 spiro atoms. The maximum absolute atomic E-state index is 13.3. The van der Waals surface area contributed by atoms with Crippen LogP contribution in [0.4, 0.5) is 4.39 Å². The summed E-state index contributed by atoms with van der Waals surface area (Å²) in [6, 6.07) is 4.50. The molecule has 2 aromatic rings. The van der Waals surface area contributed by atoms with E-state index >= 15 is 0 Å². The van der Waals surface area contributed by atoms with Crippen LogP contribution in [0.25, 0.3) is 5.69 Å². The van der Waals surface area contributed by atoms with E-state index in [1.54, 1.807) is 19.1 Å². The molecule has 0 saturated carbocycles. The molecule has 0 aliphatic rings. The molecule has 2 rings (SSSR count). The molecule has 0 radical (unpaired) electrons. The summed E-state index contributed by atoms with van der Waals surface area (Å²) in [4.78, 5) is 15.1. The number of carbonyl (C=O) groups is 1. The minimum Gasteiger partial charge on any atom is -0.475 e. The molecule has 20 heavy (non-hydrogen) atoms. The number of carboxylic acids is 1. The Hall–Kier alpha value is -2.24. The molecule has 0 fully saturated rings. The summed E-state index contributed by atoms with van der Waals surface area (Å²) < 4.78 is 14.8. The van der Waals surface area contributed by atoms with Crippen LogP contribution in [0.5, 0.6) is 0 Å². The van der Waals surface area contributed by atoms with Gasteiger partial charge < -0.3 is 5.11 Å². The zero-order chi connectivity index (χ0) is 15.1. The number of halogens is 1. The average Bonchev–Trinajstić information content (AvgIpc) is 2.77. The van der Waals surface area contributed by atoms with Gasteiger partial charge in [0.2, 0.25) is 0 Å². The summed E-state index contributed by atoms with van der Waals surface area (Å²) in [5, 5.41) is 13.0. The number of benzene rings is 1. The number of hydrogen-bond acceptors (Lipinski definition) is 3. The Bertz CT molecular complexity index is 672. The second-order valence-electron chi connectivity index (χ2n) is 5.66. The lowest BCUT2D eigenvalue weighted by Crippen LogP contribution is -2.19. The predicted molar refractivity (Wildman–Crippen MR) is 71.7 cm³/mol. The van der Waals surface area contributed by atoms with E-state index < -0.39 is 5.97 Å². The van der Waals surface area contributed by atoms with Crippen molar-refractivity contribution >= 4 is 5.97 Å². The van der Waals surface area contributed by atoms with E-state index in [-0.39, 0.29) is 17.1 Å². The predicted octanol–water partition coefficient (Wildman–Crippen LogP) is 2.71. The lowest BCUT2D eigenvalue weighted by molar-refractivity contribution is 0.0683. The Morgan fingerprint density at radius 3 is 2.50 bits per heavy atom. The summed E-state index contributed by atoms with van der Waals surface area (Å²) in [7, 11) is 0. The van der Waals surface area contributed by atoms with Gasteiger partial charge in [-0.1, -0.05) is 20.8 Å². The number of rotatable bonds is 2. The average molecular weight is 277 g/mol. The molecule has 0 saturated heterocycles. The molecule has 1 N–H and O–H groups in total. The van der Waals surface area contributed by atoms with Gasteiger partial charge in [0.15, 0.2) is 0 Å². The van der Waals surface area contributed by atoms with E-state index in [9.17, 15) is 9.18 Å². The van der Waals surface area contributed by atoms with Gasteiger partial charge in [0.05, 0.1) is 5.69 Å². The number of aryl methyl sites for hydroxylation is 1.